The lowest BCUT2D eigenvalue weighted by atomic mass is 10.2. The Morgan fingerprint density at radius 3 is 1.63 bits per heavy atom. The van der Waals surface area contributed by atoms with Gasteiger partial charge in [-0.25, -0.2) is 28.3 Å². The molecule has 0 fully saturated rings. The van der Waals surface area contributed by atoms with Crippen LogP contribution in [0.4, 0.5) is 28.4 Å². The lowest BCUT2D eigenvalue weighted by Crippen LogP contribution is -2.34. The van der Waals surface area contributed by atoms with Gasteiger partial charge in [0, 0.05) is 25.9 Å². The van der Waals surface area contributed by atoms with E-state index >= 15 is 0 Å². The van der Waals surface area contributed by atoms with Crippen LogP contribution in [-0.2, 0) is 9.47 Å². The Hall–Kier alpha value is -4.24. The van der Waals surface area contributed by atoms with Gasteiger partial charge >= 0.3 is 12.2 Å². The minimum absolute atomic E-state index is 0. The van der Waals surface area contributed by atoms with Crippen molar-refractivity contribution in [1.82, 2.24) is 15.0 Å². The fourth-order valence-electron chi connectivity index (χ4n) is 3.64. The molecule has 0 saturated heterocycles. The molecule has 46 heavy (non-hydrogen) atoms. The summed E-state index contributed by atoms with van der Waals surface area (Å²) in [7, 11) is 3.21. The van der Waals surface area contributed by atoms with Crippen LogP contribution in [0.5, 0.6) is 0 Å². The number of aromatic nitrogens is 4. The van der Waals surface area contributed by atoms with E-state index in [4.69, 9.17) is 9.47 Å². The minimum atomic E-state index is -0.646. The summed E-state index contributed by atoms with van der Waals surface area (Å²) in [5, 5.41) is 13.6. The number of hydrogen-bond donors (Lipinski definition) is 0. The number of rotatable bonds is 4. The van der Waals surface area contributed by atoms with Crippen LogP contribution >= 0.6 is 22.7 Å². The maximum Gasteiger partial charge on any atom is 0.415 e. The summed E-state index contributed by atoms with van der Waals surface area (Å²) in [6, 6.07) is 2.59. The van der Waals surface area contributed by atoms with Gasteiger partial charge in [-0.3, -0.25) is 14.8 Å². The highest BCUT2D eigenvalue weighted by molar-refractivity contribution is 7.19. The molecule has 250 valence electrons. The first-order valence-electron chi connectivity index (χ1n) is 13.6. The number of nitrogens with zero attached hydrogens (tertiary/aromatic N) is 6. The number of pyridine rings is 2. The van der Waals surface area contributed by atoms with Crippen LogP contribution in [0, 0.1) is 30.7 Å². The molecule has 4 aromatic rings. The van der Waals surface area contributed by atoms with Crippen LogP contribution in [0.2, 0.25) is 0 Å². The third-order valence-corrected chi connectivity index (χ3v) is 8.06. The van der Waals surface area contributed by atoms with Crippen LogP contribution < -0.4 is 14.5 Å². The lowest BCUT2D eigenvalue weighted by molar-refractivity contribution is -0.606. The van der Waals surface area contributed by atoms with Gasteiger partial charge in [0.2, 0.25) is 6.20 Å². The molecule has 0 aliphatic carbocycles. The maximum atomic E-state index is 13.4. The van der Waals surface area contributed by atoms with Crippen molar-refractivity contribution in [2.45, 2.75) is 74.0 Å². The second-order valence-corrected chi connectivity index (χ2v) is 13.8. The molecule has 4 rings (SSSR count). The largest absolute Gasteiger partial charge is 0.619 e. The fraction of sp³-hybridized carbons (Fsp3) is 0.419. The zero-order chi connectivity index (χ0) is 33.9. The molecule has 15 heteroatoms. The van der Waals surface area contributed by atoms with Crippen molar-refractivity contribution < 1.29 is 32.6 Å². The maximum absolute atomic E-state index is 13.4. The average molecular weight is 679 g/mol. The Morgan fingerprint density at radius 1 is 0.783 bits per heavy atom. The first-order chi connectivity index (χ1) is 20.7. The van der Waals surface area contributed by atoms with Crippen molar-refractivity contribution in [2.75, 3.05) is 23.9 Å². The quantitative estimate of drug-likeness (QED) is 0.158. The highest BCUT2D eigenvalue weighted by Gasteiger charge is 2.25. The van der Waals surface area contributed by atoms with E-state index in [0.717, 1.165) is 12.4 Å². The monoisotopic (exact) mass is 678 g/mol. The van der Waals surface area contributed by atoms with Crippen molar-refractivity contribution >= 4 is 44.9 Å². The fourth-order valence-corrected chi connectivity index (χ4v) is 5.64. The minimum Gasteiger partial charge on any atom is -0.619 e. The van der Waals surface area contributed by atoms with Gasteiger partial charge in [-0.1, -0.05) is 30.1 Å². The van der Waals surface area contributed by atoms with Crippen molar-refractivity contribution in [1.29, 1.82) is 0 Å². The molecule has 11 nitrogen and oxygen atoms in total. The van der Waals surface area contributed by atoms with Crippen molar-refractivity contribution in [2.24, 2.45) is 0 Å². The van der Waals surface area contributed by atoms with Crippen molar-refractivity contribution in [3.05, 3.63) is 65.1 Å². The van der Waals surface area contributed by atoms with Gasteiger partial charge in [-0.2, -0.15) is 4.73 Å². The summed E-state index contributed by atoms with van der Waals surface area (Å²) in [6.07, 6.45) is 3.78. The number of amides is 2. The van der Waals surface area contributed by atoms with Gasteiger partial charge in [0.15, 0.2) is 12.0 Å². The predicted octanol–water partition coefficient (Wildman–Crippen LogP) is 7.92. The highest BCUT2D eigenvalue weighted by Crippen LogP contribution is 2.35. The molecule has 0 spiro atoms. The Morgan fingerprint density at radius 2 is 1.22 bits per heavy atom. The molecule has 0 saturated carbocycles. The van der Waals surface area contributed by atoms with Gasteiger partial charge < -0.3 is 14.7 Å². The molecule has 0 unspecified atom stereocenters. The number of hydrogen-bond acceptors (Lipinski definition) is 10. The standard InChI is InChI=1S/C15H18FN3O3S.C15H18FN3O2S.CH4/c1-9-13(18(5)14(20)22-15(2,3)4)23-12(17-9)10-6-11(16)8-19(21)7-10;1-9-13(19(5)14(20)21-15(2,3)4)22-12(18-9)10-6-11(16)8-17-7-10;/h6-8H,1-5H3;6-8H,1-5H3;1H4. The molecule has 0 N–H and O–H groups in total. The third-order valence-electron chi connectivity index (χ3n) is 5.50. The van der Waals surface area contributed by atoms with Gasteiger partial charge in [0.25, 0.3) is 0 Å². The van der Waals surface area contributed by atoms with Gasteiger partial charge in [-0.05, 0) is 67.5 Å². The van der Waals surface area contributed by atoms with Gasteiger partial charge in [0.05, 0.1) is 23.1 Å². The van der Waals surface area contributed by atoms with E-state index in [1.807, 2.05) is 20.8 Å². The summed E-state index contributed by atoms with van der Waals surface area (Å²) in [5.74, 6) is -1.07. The molecule has 0 radical (unpaired) electrons. The zero-order valence-corrected chi connectivity index (χ0v) is 28.4. The van der Waals surface area contributed by atoms with Crippen LogP contribution in [0.15, 0.2) is 36.9 Å². The molecule has 2 amide bonds. The highest BCUT2D eigenvalue weighted by atomic mass is 32.1. The predicted molar refractivity (Wildman–Crippen MR) is 177 cm³/mol. The van der Waals surface area contributed by atoms with Crippen LogP contribution in [0.3, 0.4) is 0 Å². The number of ether oxygens (including phenoxy) is 2. The molecule has 0 bridgehead atoms. The van der Waals surface area contributed by atoms with Gasteiger partial charge in [-0.15, -0.1) is 0 Å². The molecule has 0 aliphatic heterocycles. The van der Waals surface area contributed by atoms with E-state index in [2.05, 4.69) is 15.0 Å². The molecular formula is C31H40F2N6O5S2. The summed E-state index contributed by atoms with van der Waals surface area (Å²) in [4.78, 5) is 39.5. The Bertz CT molecular complexity index is 1660. The lowest BCUT2D eigenvalue weighted by Gasteiger charge is -2.24. The summed E-state index contributed by atoms with van der Waals surface area (Å²) in [6.45, 7) is 14.3. The zero-order valence-electron chi connectivity index (χ0n) is 26.8. The van der Waals surface area contributed by atoms with E-state index < -0.39 is 35.0 Å². The SMILES string of the molecule is C.Cc1nc(-c2cc(F)c[n+]([O-])c2)sc1N(C)C(=O)OC(C)(C)C.Cc1nc(-c2cncc(F)c2)sc1N(C)C(=O)OC(C)(C)C. The Kier molecular flexibility index (Phi) is 12.3. The first-order valence-corrected chi connectivity index (χ1v) is 15.3. The topological polar surface area (TPSA) is 125 Å². The molecule has 0 aliphatic rings. The summed E-state index contributed by atoms with van der Waals surface area (Å²) in [5.41, 5.74) is 1.04. The van der Waals surface area contributed by atoms with Crippen molar-refractivity contribution in [3.8, 4) is 21.1 Å². The van der Waals surface area contributed by atoms with Crippen LogP contribution in [-0.4, -0.2) is 52.4 Å². The number of thiazole rings is 2. The van der Waals surface area contributed by atoms with Crippen molar-refractivity contribution in [3.63, 3.8) is 0 Å². The number of halogens is 2. The van der Waals surface area contributed by atoms with Crippen LogP contribution in [0.25, 0.3) is 21.1 Å². The second-order valence-electron chi connectivity index (χ2n) is 11.9. The third kappa shape index (κ3) is 10.4. The number of carbonyl (C=O) groups excluding carboxylic acids is 2. The molecule has 0 atom stereocenters. The summed E-state index contributed by atoms with van der Waals surface area (Å²) >= 11 is 2.48. The normalized spacial score (nSPS) is 11.1. The average Bonchev–Trinajstić information content (AvgIpc) is 3.48. The number of aryl methyl sites for hydroxylation is 2. The number of carbonyl (C=O) groups is 2. The van der Waals surface area contributed by atoms with E-state index in [1.165, 1.54) is 50.8 Å². The molecular weight excluding hydrogens is 639 g/mol. The first kappa shape index (κ1) is 37.9. The van der Waals surface area contributed by atoms with E-state index in [9.17, 15) is 23.6 Å². The Balaban J connectivity index is 0.000000314. The van der Waals surface area contributed by atoms with E-state index in [1.54, 1.807) is 54.9 Å². The molecule has 4 aromatic heterocycles. The van der Waals surface area contributed by atoms with Gasteiger partial charge in [0.1, 0.15) is 37.0 Å². The Labute approximate surface area is 276 Å². The van der Waals surface area contributed by atoms with E-state index in [-0.39, 0.29) is 7.43 Å². The second kappa shape index (κ2) is 14.9. The van der Waals surface area contributed by atoms with Crippen LogP contribution in [0.1, 0.15) is 60.4 Å². The molecule has 0 aromatic carbocycles. The summed E-state index contributed by atoms with van der Waals surface area (Å²) < 4.78 is 37.7. The molecule has 4 heterocycles. The smallest absolute Gasteiger partial charge is 0.415 e. The van der Waals surface area contributed by atoms with E-state index in [0.29, 0.717) is 47.3 Å². The number of anilines is 2.